The summed E-state index contributed by atoms with van der Waals surface area (Å²) in [6, 6.07) is 37.9. The van der Waals surface area contributed by atoms with Gasteiger partial charge in [0.2, 0.25) is 0 Å². The summed E-state index contributed by atoms with van der Waals surface area (Å²) >= 11 is 0. The van der Waals surface area contributed by atoms with Gasteiger partial charge in [-0.3, -0.25) is 15.0 Å². The number of phenolic OH excluding ortho intramolecular Hbond substituents is 2. The van der Waals surface area contributed by atoms with Gasteiger partial charge in [-0.25, -0.2) is 0 Å². The molecule has 0 spiro atoms. The van der Waals surface area contributed by atoms with Gasteiger partial charge in [0.1, 0.15) is 18.1 Å². The van der Waals surface area contributed by atoms with Crippen molar-refractivity contribution in [1.82, 2.24) is 4.90 Å². The molecule has 8 nitrogen and oxygen atoms in total. The molecule has 0 aliphatic carbocycles. The maximum absolute atomic E-state index is 12.0. The van der Waals surface area contributed by atoms with Crippen LogP contribution in [-0.2, 0) is 13.2 Å². The molecule has 224 valence electrons. The van der Waals surface area contributed by atoms with Crippen molar-refractivity contribution in [2.45, 2.75) is 25.2 Å². The molecule has 3 N–H and O–H groups in total. The van der Waals surface area contributed by atoms with E-state index in [4.69, 9.17) is 4.74 Å². The highest BCUT2D eigenvalue weighted by Crippen LogP contribution is 2.33. The predicted octanol–water partition coefficient (Wildman–Crippen LogP) is 6.95. The molecular weight excluding hydrogens is 556 g/mol. The SMILES string of the molecule is O=[N+]([O-])c1cc([C@@H](O)CN(Cc2ccccc2)CC(c2ccc(O)cc2)c2ccc(O)cc2)ccc1OCc1ccccc1. The van der Waals surface area contributed by atoms with E-state index >= 15 is 0 Å². The van der Waals surface area contributed by atoms with Crippen LogP contribution in [0, 0.1) is 10.1 Å². The molecule has 0 heterocycles. The standard InChI is InChI=1S/C36H34N2O6/c39-31-16-11-28(12-17-31)33(29-13-18-32(40)19-14-29)23-37(22-26-7-3-1-4-8-26)24-35(41)30-15-20-36(34(21-30)38(42)43)44-25-27-9-5-2-6-10-27/h1-21,33,35,39-41H,22-25H2/t35-/m0/s1. The summed E-state index contributed by atoms with van der Waals surface area (Å²) in [6.45, 7) is 1.39. The number of rotatable bonds is 13. The fourth-order valence-corrected chi connectivity index (χ4v) is 5.21. The number of aliphatic hydroxyl groups excluding tert-OH is 1. The molecule has 0 fully saturated rings. The zero-order valence-corrected chi connectivity index (χ0v) is 24.1. The van der Waals surface area contributed by atoms with Gasteiger partial charge < -0.3 is 20.1 Å². The van der Waals surface area contributed by atoms with Crippen LogP contribution in [0.5, 0.6) is 17.2 Å². The molecule has 0 bridgehead atoms. The van der Waals surface area contributed by atoms with Crippen molar-refractivity contribution in [3.63, 3.8) is 0 Å². The van der Waals surface area contributed by atoms with E-state index in [1.165, 1.54) is 12.1 Å². The van der Waals surface area contributed by atoms with Gasteiger partial charge in [0, 0.05) is 31.6 Å². The number of hydrogen-bond acceptors (Lipinski definition) is 7. The monoisotopic (exact) mass is 590 g/mol. The number of aromatic hydroxyl groups is 2. The predicted molar refractivity (Wildman–Crippen MR) is 169 cm³/mol. The van der Waals surface area contributed by atoms with Gasteiger partial charge in [-0.1, -0.05) is 91.0 Å². The fraction of sp³-hybridized carbons (Fsp3) is 0.167. The molecule has 0 saturated carbocycles. The molecule has 8 heteroatoms. The van der Waals surface area contributed by atoms with Crippen molar-refractivity contribution in [3.05, 3.63) is 165 Å². The van der Waals surface area contributed by atoms with Crippen LogP contribution in [-0.4, -0.2) is 38.2 Å². The second kappa shape index (κ2) is 14.3. The van der Waals surface area contributed by atoms with E-state index in [1.54, 1.807) is 30.3 Å². The molecule has 1 atom stereocenters. The van der Waals surface area contributed by atoms with Crippen molar-refractivity contribution in [2.24, 2.45) is 0 Å². The Bertz CT molecular complexity index is 1600. The Morgan fingerprint density at radius 3 is 1.75 bits per heavy atom. The Kier molecular flexibility index (Phi) is 9.86. The lowest BCUT2D eigenvalue weighted by atomic mass is 9.90. The lowest BCUT2D eigenvalue weighted by Crippen LogP contribution is -2.33. The number of aliphatic hydroxyl groups is 1. The molecule has 5 rings (SSSR count). The molecule has 0 saturated heterocycles. The maximum Gasteiger partial charge on any atom is 0.311 e. The average molecular weight is 591 g/mol. The first kappa shape index (κ1) is 30.3. The Morgan fingerprint density at radius 1 is 0.682 bits per heavy atom. The quantitative estimate of drug-likeness (QED) is 0.100. The summed E-state index contributed by atoms with van der Waals surface area (Å²) in [4.78, 5) is 13.6. The normalized spacial score (nSPS) is 11.9. The molecular formula is C36H34N2O6. The second-order valence-corrected chi connectivity index (χ2v) is 10.7. The van der Waals surface area contributed by atoms with Crippen LogP contribution in [0.1, 0.15) is 39.8 Å². The third-order valence-electron chi connectivity index (χ3n) is 7.51. The molecule has 44 heavy (non-hydrogen) atoms. The summed E-state index contributed by atoms with van der Waals surface area (Å²) in [6.07, 6.45) is -1.03. The summed E-state index contributed by atoms with van der Waals surface area (Å²) < 4.78 is 5.78. The Hall–Kier alpha value is -5.18. The smallest absolute Gasteiger partial charge is 0.311 e. The number of nitro benzene ring substituents is 1. The van der Waals surface area contributed by atoms with Gasteiger partial charge in [0.25, 0.3) is 0 Å². The first-order chi connectivity index (χ1) is 21.4. The molecule has 0 amide bonds. The third kappa shape index (κ3) is 8.01. The zero-order chi connectivity index (χ0) is 30.9. The fourth-order valence-electron chi connectivity index (χ4n) is 5.21. The van der Waals surface area contributed by atoms with Crippen molar-refractivity contribution in [1.29, 1.82) is 0 Å². The van der Waals surface area contributed by atoms with Gasteiger partial charge in [0.05, 0.1) is 11.0 Å². The molecule has 5 aromatic rings. The van der Waals surface area contributed by atoms with E-state index in [2.05, 4.69) is 4.90 Å². The first-order valence-electron chi connectivity index (χ1n) is 14.3. The summed E-state index contributed by atoms with van der Waals surface area (Å²) in [7, 11) is 0. The van der Waals surface area contributed by atoms with E-state index in [-0.39, 0.29) is 42.0 Å². The highest BCUT2D eigenvalue weighted by Gasteiger charge is 2.24. The summed E-state index contributed by atoms with van der Waals surface area (Å²) in [5.41, 5.74) is 4.05. The van der Waals surface area contributed by atoms with E-state index in [0.29, 0.717) is 18.7 Å². The number of nitro groups is 1. The number of nitrogens with zero attached hydrogens (tertiary/aromatic N) is 2. The lowest BCUT2D eigenvalue weighted by molar-refractivity contribution is -0.386. The summed E-state index contributed by atoms with van der Waals surface area (Å²) in [5, 5.41) is 43.2. The molecule has 0 radical (unpaired) electrons. The zero-order valence-electron chi connectivity index (χ0n) is 24.1. The minimum absolute atomic E-state index is 0.135. The van der Waals surface area contributed by atoms with Gasteiger partial charge >= 0.3 is 5.69 Å². The van der Waals surface area contributed by atoms with E-state index < -0.39 is 11.0 Å². The average Bonchev–Trinajstić information content (AvgIpc) is 3.04. The lowest BCUT2D eigenvalue weighted by Gasteiger charge is -2.30. The van der Waals surface area contributed by atoms with Crippen LogP contribution in [0.15, 0.2) is 127 Å². The van der Waals surface area contributed by atoms with Crippen molar-refractivity contribution in [3.8, 4) is 17.2 Å². The second-order valence-electron chi connectivity index (χ2n) is 10.7. The highest BCUT2D eigenvalue weighted by atomic mass is 16.6. The third-order valence-corrected chi connectivity index (χ3v) is 7.51. The summed E-state index contributed by atoms with van der Waals surface area (Å²) in [5.74, 6) is 0.297. The molecule has 0 aliphatic rings. The maximum atomic E-state index is 12.0. The minimum Gasteiger partial charge on any atom is -0.508 e. The molecule has 5 aromatic carbocycles. The van der Waals surface area contributed by atoms with Crippen LogP contribution in [0.2, 0.25) is 0 Å². The van der Waals surface area contributed by atoms with Gasteiger partial charge in [-0.2, -0.15) is 0 Å². The van der Waals surface area contributed by atoms with Crippen LogP contribution in [0.3, 0.4) is 0 Å². The van der Waals surface area contributed by atoms with Crippen LogP contribution in [0.25, 0.3) is 0 Å². The first-order valence-corrected chi connectivity index (χ1v) is 14.3. The van der Waals surface area contributed by atoms with Crippen LogP contribution < -0.4 is 4.74 Å². The van der Waals surface area contributed by atoms with Crippen molar-refractivity contribution >= 4 is 5.69 Å². The molecule has 0 aliphatic heterocycles. The number of benzene rings is 5. The van der Waals surface area contributed by atoms with E-state index in [0.717, 1.165) is 22.3 Å². The number of phenols is 2. The van der Waals surface area contributed by atoms with Crippen LogP contribution in [0.4, 0.5) is 5.69 Å². The Balaban J connectivity index is 1.41. The van der Waals surface area contributed by atoms with Crippen LogP contribution >= 0.6 is 0 Å². The van der Waals surface area contributed by atoms with E-state index in [1.807, 2.05) is 84.9 Å². The minimum atomic E-state index is -1.03. The van der Waals surface area contributed by atoms with Gasteiger partial charge in [-0.15, -0.1) is 0 Å². The Morgan fingerprint density at radius 2 is 1.20 bits per heavy atom. The van der Waals surface area contributed by atoms with Crippen molar-refractivity contribution in [2.75, 3.05) is 13.1 Å². The van der Waals surface area contributed by atoms with Gasteiger partial charge in [0.15, 0.2) is 5.75 Å². The topological polar surface area (TPSA) is 116 Å². The molecule has 0 aromatic heterocycles. The highest BCUT2D eigenvalue weighted by molar-refractivity contribution is 5.49. The van der Waals surface area contributed by atoms with Gasteiger partial charge in [-0.05, 0) is 58.1 Å². The van der Waals surface area contributed by atoms with E-state index in [9.17, 15) is 25.4 Å². The number of hydrogen-bond donors (Lipinski definition) is 3. The molecule has 0 unspecified atom stereocenters. The van der Waals surface area contributed by atoms with Crippen molar-refractivity contribution < 1.29 is 25.0 Å². The largest absolute Gasteiger partial charge is 0.508 e. The number of ether oxygens (including phenoxy) is 1. The Labute approximate surface area is 256 Å².